The van der Waals surface area contributed by atoms with Crippen LogP contribution in [0.1, 0.15) is 57.8 Å². The van der Waals surface area contributed by atoms with E-state index in [1.165, 1.54) is 44.9 Å². The van der Waals surface area contributed by atoms with Crippen molar-refractivity contribution in [2.24, 2.45) is 11.8 Å². The van der Waals surface area contributed by atoms with Crippen LogP contribution >= 0.6 is 15.9 Å². The van der Waals surface area contributed by atoms with Gasteiger partial charge in [-0.3, -0.25) is 4.79 Å². The normalized spacial score (nSPS) is 24.6. The zero-order valence-corrected chi connectivity index (χ0v) is 13.0. The molecule has 1 aliphatic heterocycles. The largest absolute Gasteiger partial charge is 0.342 e. The lowest BCUT2D eigenvalue weighted by Crippen LogP contribution is -2.42. The average molecular weight is 316 g/mol. The molecule has 0 N–H and O–H groups in total. The Kier molecular flexibility index (Phi) is 6.00. The van der Waals surface area contributed by atoms with E-state index in [-0.39, 0.29) is 0 Å². The molecule has 0 unspecified atom stereocenters. The van der Waals surface area contributed by atoms with E-state index in [2.05, 4.69) is 20.8 Å². The third-order valence-corrected chi connectivity index (χ3v) is 5.51. The Hall–Kier alpha value is -0.0500. The highest BCUT2D eigenvalue weighted by atomic mass is 79.9. The second-order valence-electron chi connectivity index (χ2n) is 5.97. The van der Waals surface area contributed by atoms with Crippen LogP contribution in [0.25, 0.3) is 0 Å². The lowest BCUT2D eigenvalue weighted by Gasteiger charge is -2.34. The lowest BCUT2D eigenvalue weighted by atomic mass is 9.89. The third kappa shape index (κ3) is 3.97. The molecular formula is C15H26BrNO. The minimum atomic E-state index is 0.339. The smallest absolute Gasteiger partial charge is 0.225 e. The van der Waals surface area contributed by atoms with Gasteiger partial charge in [-0.2, -0.15) is 0 Å². The van der Waals surface area contributed by atoms with Gasteiger partial charge in [0, 0.05) is 24.3 Å². The van der Waals surface area contributed by atoms with E-state index in [0.717, 1.165) is 37.2 Å². The summed E-state index contributed by atoms with van der Waals surface area (Å²) in [6, 6.07) is 0. The fourth-order valence-electron chi connectivity index (χ4n) is 3.27. The lowest BCUT2D eigenvalue weighted by molar-refractivity contribution is -0.137. The number of likely N-dealkylation sites (tertiary alicyclic amines) is 1. The number of rotatable bonds is 2. The molecule has 1 aliphatic carbocycles. The summed E-state index contributed by atoms with van der Waals surface area (Å²) in [5.74, 6) is 1.59. The fraction of sp³-hybridized carbons (Fsp3) is 0.933. The molecule has 0 radical (unpaired) electrons. The van der Waals surface area contributed by atoms with E-state index in [1.54, 1.807) is 0 Å². The summed E-state index contributed by atoms with van der Waals surface area (Å²) in [7, 11) is 0. The zero-order valence-electron chi connectivity index (χ0n) is 11.4. The van der Waals surface area contributed by atoms with Crippen LogP contribution in [-0.2, 0) is 4.79 Å². The number of carbonyl (C=O) groups excluding carboxylic acids is 1. The third-order valence-electron chi connectivity index (χ3n) is 4.60. The van der Waals surface area contributed by atoms with Crippen LogP contribution in [0.15, 0.2) is 0 Å². The van der Waals surface area contributed by atoms with Gasteiger partial charge in [-0.25, -0.2) is 0 Å². The first-order chi connectivity index (χ1) is 8.81. The van der Waals surface area contributed by atoms with Crippen LogP contribution in [-0.4, -0.2) is 29.2 Å². The first-order valence-corrected chi connectivity index (χ1v) is 8.78. The van der Waals surface area contributed by atoms with Gasteiger partial charge < -0.3 is 4.90 Å². The van der Waals surface area contributed by atoms with Crippen LogP contribution in [0.2, 0.25) is 0 Å². The van der Waals surface area contributed by atoms with E-state index in [9.17, 15) is 4.79 Å². The average Bonchev–Trinajstić information content (AvgIpc) is 2.38. The Balaban J connectivity index is 1.82. The van der Waals surface area contributed by atoms with E-state index >= 15 is 0 Å². The summed E-state index contributed by atoms with van der Waals surface area (Å²) in [5, 5.41) is 1.10. The van der Waals surface area contributed by atoms with Gasteiger partial charge in [0.1, 0.15) is 0 Å². The van der Waals surface area contributed by atoms with Gasteiger partial charge >= 0.3 is 0 Å². The maximum absolute atomic E-state index is 12.5. The van der Waals surface area contributed by atoms with Gasteiger partial charge in [0.25, 0.3) is 0 Å². The number of amides is 1. The molecule has 104 valence electrons. The molecule has 0 aromatic heterocycles. The van der Waals surface area contributed by atoms with Crippen molar-refractivity contribution < 1.29 is 4.79 Å². The second kappa shape index (κ2) is 7.52. The van der Waals surface area contributed by atoms with Crippen molar-refractivity contribution >= 4 is 21.8 Å². The predicted molar refractivity (Wildman–Crippen MR) is 78.9 cm³/mol. The molecule has 3 heteroatoms. The summed E-state index contributed by atoms with van der Waals surface area (Å²) in [6.45, 7) is 1.98. The van der Waals surface area contributed by atoms with Crippen LogP contribution in [0, 0.1) is 11.8 Å². The molecule has 1 heterocycles. The van der Waals surface area contributed by atoms with E-state index in [0.29, 0.717) is 11.8 Å². The maximum atomic E-state index is 12.5. The Bertz CT molecular complexity index is 253. The Morgan fingerprint density at radius 2 is 1.50 bits per heavy atom. The fourth-order valence-corrected chi connectivity index (χ4v) is 3.92. The predicted octanol–water partition coefficient (Wildman–Crippen LogP) is 3.98. The van der Waals surface area contributed by atoms with Gasteiger partial charge in [0.15, 0.2) is 0 Å². The summed E-state index contributed by atoms with van der Waals surface area (Å²) in [6.07, 6.45) is 11.2. The number of halogens is 1. The quantitative estimate of drug-likeness (QED) is 0.706. The number of nitrogens with zero attached hydrogens (tertiary/aromatic N) is 1. The highest BCUT2D eigenvalue weighted by Gasteiger charge is 2.27. The second-order valence-corrected chi connectivity index (χ2v) is 6.61. The summed E-state index contributed by atoms with van der Waals surface area (Å²) in [5.41, 5.74) is 0. The molecule has 0 aromatic rings. The Morgan fingerprint density at radius 3 is 2.06 bits per heavy atom. The van der Waals surface area contributed by atoms with Crippen molar-refractivity contribution in [3.05, 3.63) is 0 Å². The molecule has 2 aliphatic rings. The molecule has 1 saturated carbocycles. The number of carbonyl (C=O) groups is 1. The highest BCUT2D eigenvalue weighted by molar-refractivity contribution is 9.09. The monoisotopic (exact) mass is 315 g/mol. The minimum absolute atomic E-state index is 0.339. The van der Waals surface area contributed by atoms with E-state index < -0.39 is 0 Å². The zero-order chi connectivity index (χ0) is 12.8. The molecule has 18 heavy (non-hydrogen) atoms. The number of piperidine rings is 1. The molecule has 2 nitrogen and oxygen atoms in total. The topological polar surface area (TPSA) is 20.3 Å². The SMILES string of the molecule is O=C(C1CCCCCCC1)N1CCC(CBr)CC1. The van der Waals surface area contributed by atoms with Gasteiger partial charge in [0.2, 0.25) is 5.91 Å². The molecule has 0 spiro atoms. The summed E-state index contributed by atoms with van der Waals surface area (Å²) in [4.78, 5) is 14.7. The maximum Gasteiger partial charge on any atom is 0.225 e. The molecule has 0 aromatic carbocycles. The van der Waals surface area contributed by atoms with Crippen LogP contribution < -0.4 is 0 Å². The standard InChI is InChI=1S/C15H26BrNO/c16-12-13-8-10-17(11-9-13)15(18)14-6-4-2-1-3-5-7-14/h13-14H,1-12H2. The summed E-state index contributed by atoms with van der Waals surface area (Å²) >= 11 is 3.56. The molecule has 0 atom stereocenters. The van der Waals surface area contributed by atoms with Gasteiger partial charge in [-0.15, -0.1) is 0 Å². The molecular weight excluding hydrogens is 290 g/mol. The van der Waals surface area contributed by atoms with Crippen molar-refractivity contribution in [1.29, 1.82) is 0 Å². The van der Waals surface area contributed by atoms with Crippen LogP contribution in [0.4, 0.5) is 0 Å². The Morgan fingerprint density at radius 1 is 0.944 bits per heavy atom. The first-order valence-electron chi connectivity index (χ1n) is 7.66. The van der Waals surface area contributed by atoms with Gasteiger partial charge in [0.05, 0.1) is 0 Å². The molecule has 2 rings (SSSR count). The van der Waals surface area contributed by atoms with Crippen LogP contribution in [0.5, 0.6) is 0 Å². The van der Waals surface area contributed by atoms with Gasteiger partial charge in [-0.05, 0) is 31.6 Å². The van der Waals surface area contributed by atoms with E-state index in [4.69, 9.17) is 0 Å². The van der Waals surface area contributed by atoms with Crippen molar-refractivity contribution in [3.63, 3.8) is 0 Å². The van der Waals surface area contributed by atoms with Crippen LogP contribution in [0.3, 0.4) is 0 Å². The van der Waals surface area contributed by atoms with Gasteiger partial charge in [-0.1, -0.05) is 48.0 Å². The number of alkyl halides is 1. The first kappa shape index (κ1) is 14.4. The molecule has 1 saturated heterocycles. The highest BCUT2D eigenvalue weighted by Crippen LogP contribution is 2.26. The Labute approximate surface area is 120 Å². The number of hydrogen-bond acceptors (Lipinski definition) is 1. The number of hydrogen-bond donors (Lipinski definition) is 0. The molecule has 0 bridgehead atoms. The van der Waals surface area contributed by atoms with E-state index in [1.807, 2.05) is 0 Å². The van der Waals surface area contributed by atoms with Crippen molar-refractivity contribution in [2.45, 2.75) is 57.8 Å². The summed E-state index contributed by atoms with van der Waals surface area (Å²) < 4.78 is 0. The van der Waals surface area contributed by atoms with Crippen molar-refractivity contribution in [1.82, 2.24) is 4.90 Å². The minimum Gasteiger partial charge on any atom is -0.342 e. The molecule has 1 amide bonds. The van der Waals surface area contributed by atoms with Crippen molar-refractivity contribution in [2.75, 3.05) is 18.4 Å². The van der Waals surface area contributed by atoms with Crippen molar-refractivity contribution in [3.8, 4) is 0 Å². The molecule has 2 fully saturated rings.